The van der Waals surface area contributed by atoms with Crippen molar-refractivity contribution in [3.8, 4) is 0 Å². The molecule has 55 valence electrons. The van der Waals surface area contributed by atoms with Crippen molar-refractivity contribution in [3.05, 3.63) is 24.3 Å². The average molecular weight is 275 g/mol. The predicted molar refractivity (Wildman–Crippen MR) is 30.3 cm³/mol. The van der Waals surface area contributed by atoms with Crippen LogP contribution in [0.1, 0.15) is 18.5 Å². The van der Waals surface area contributed by atoms with E-state index < -0.39 is 0 Å². The summed E-state index contributed by atoms with van der Waals surface area (Å²) in [6.07, 6.45) is 3.46. The van der Waals surface area contributed by atoms with Crippen LogP contribution in [-0.4, -0.2) is 4.98 Å². The van der Waals surface area contributed by atoms with Gasteiger partial charge in [0, 0.05) is 37.7 Å². The maximum absolute atomic E-state index is 4.95. The van der Waals surface area contributed by atoms with Crippen LogP contribution in [0.25, 0.3) is 0 Å². The molecule has 2 nitrogen and oxygen atoms in total. The molecule has 0 aliphatic heterocycles. The van der Waals surface area contributed by atoms with Crippen LogP contribution in [0, 0.1) is 51.1 Å². The van der Waals surface area contributed by atoms with Gasteiger partial charge >= 0.3 is 0 Å². The molecule has 1 radical (unpaired) electrons. The van der Waals surface area contributed by atoms with Gasteiger partial charge in [0.1, 0.15) is 6.26 Å². The van der Waals surface area contributed by atoms with Gasteiger partial charge < -0.3 is 10.8 Å². The van der Waals surface area contributed by atoms with E-state index in [1.807, 2.05) is 20.3 Å². The summed E-state index contributed by atoms with van der Waals surface area (Å²) in [6.45, 7) is 3.79. The molecule has 0 aliphatic carbocycles. The molecule has 1 heterocycles. The van der Waals surface area contributed by atoms with Gasteiger partial charge in [-0.15, -0.1) is 0 Å². The number of aromatic nitrogens is 1. The molecule has 9 heavy (non-hydrogen) atoms. The Kier molecular flexibility index (Phi) is 4.36. The molecule has 1 rings (SSSR count). The zero-order chi connectivity index (χ0) is 5.98. The van der Waals surface area contributed by atoms with Crippen molar-refractivity contribution in [2.24, 2.45) is 0 Å². The average Bonchev–Trinajstić information content (AvgIpc) is 2.14. The van der Waals surface area contributed by atoms with Gasteiger partial charge in [-0.25, -0.2) is 4.98 Å². The standard InChI is InChI=1S/C6H8NO.Ho/c1-3-6-7-5(2)4-8-6;/h3-4H,1-2H3;/q-1;. The number of hydrogen-bond donors (Lipinski definition) is 0. The van der Waals surface area contributed by atoms with Crippen LogP contribution in [0.4, 0.5) is 0 Å². The van der Waals surface area contributed by atoms with Crippen molar-refractivity contribution in [1.82, 2.24) is 4.98 Å². The normalized spacial score (nSPS) is 8.22. The van der Waals surface area contributed by atoms with E-state index >= 15 is 0 Å². The maximum atomic E-state index is 4.95. The van der Waals surface area contributed by atoms with Gasteiger partial charge in [-0.2, -0.15) is 6.92 Å². The van der Waals surface area contributed by atoms with E-state index in [9.17, 15) is 0 Å². The fourth-order valence-electron chi connectivity index (χ4n) is 0.505. The molecule has 0 atom stereocenters. The molecule has 3 heteroatoms. The molecule has 0 unspecified atom stereocenters. The third kappa shape index (κ3) is 2.61. The van der Waals surface area contributed by atoms with Gasteiger partial charge in [0.2, 0.25) is 0 Å². The smallest absolute Gasteiger partial charge is 0.110 e. The van der Waals surface area contributed by atoms with Crippen molar-refractivity contribution in [3.63, 3.8) is 0 Å². The molecule has 0 aromatic carbocycles. The molecule has 0 amide bonds. The largest absolute Gasteiger partial charge is 0.480 e. The molecule has 0 fully saturated rings. The monoisotopic (exact) mass is 275 g/mol. The third-order valence-corrected chi connectivity index (χ3v) is 0.884. The second-order valence-corrected chi connectivity index (χ2v) is 1.62. The summed E-state index contributed by atoms with van der Waals surface area (Å²) in [4.78, 5) is 4.01. The van der Waals surface area contributed by atoms with Crippen LogP contribution in [0.3, 0.4) is 0 Å². The quantitative estimate of drug-likeness (QED) is 0.574. The van der Waals surface area contributed by atoms with E-state index in [1.54, 1.807) is 6.26 Å². The molecular formula is C6H8HoNO-. The second-order valence-electron chi connectivity index (χ2n) is 1.62. The molecule has 1 aromatic rings. The van der Waals surface area contributed by atoms with E-state index in [4.69, 9.17) is 4.42 Å². The van der Waals surface area contributed by atoms with Gasteiger partial charge in [-0.1, -0.05) is 0 Å². The van der Waals surface area contributed by atoms with Gasteiger partial charge in [0.05, 0.1) is 11.6 Å². The predicted octanol–water partition coefficient (Wildman–Crippen LogP) is 1.56. The molecule has 1 aromatic heterocycles. The fraction of sp³-hybridized carbons (Fsp3) is 0.333. The second kappa shape index (κ2) is 4.20. The molecule has 0 saturated carbocycles. The Morgan fingerprint density at radius 1 is 1.67 bits per heavy atom. The van der Waals surface area contributed by atoms with Crippen molar-refractivity contribution >= 4 is 0 Å². The third-order valence-electron chi connectivity index (χ3n) is 0.884. The summed E-state index contributed by atoms with van der Waals surface area (Å²) in [5.41, 5.74) is 0.929. The van der Waals surface area contributed by atoms with E-state index in [0.29, 0.717) is 5.89 Å². The van der Waals surface area contributed by atoms with Crippen molar-refractivity contribution in [2.75, 3.05) is 0 Å². The minimum Gasteiger partial charge on any atom is -0.480 e. The summed E-state index contributed by atoms with van der Waals surface area (Å²) in [6, 6.07) is 0. The SMILES string of the molecule is C[CH-]c1nc(C)co1.[Ho]. The van der Waals surface area contributed by atoms with Gasteiger partial charge in [-0.3, -0.25) is 0 Å². The summed E-state index contributed by atoms with van der Waals surface area (Å²) >= 11 is 0. The number of nitrogens with zero attached hydrogens (tertiary/aromatic N) is 1. The number of aryl methyl sites for hydroxylation is 1. The molecule has 0 spiro atoms. The van der Waals surface area contributed by atoms with E-state index in [1.165, 1.54) is 0 Å². The molecule has 0 N–H and O–H groups in total. The van der Waals surface area contributed by atoms with E-state index in [2.05, 4.69) is 4.98 Å². The summed E-state index contributed by atoms with van der Waals surface area (Å²) in [5.74, 6) is 0.697. The van der Waals surface area contributed by atoms with Gasteiger partial charge in [0.25, 0.3) is 0 Å². The first kappa shape index (κ1) is 9.34. The Morgan fingerprint density at radius 3 is 2.56 bits per heavy atom. The van der Waals surface area contributed by atoms with E-state index in [0.717, 1.165) is 5.69 Å². The van der Waals surface area contributed by atoms with Crippen molar-refractivity contribution < 1.29 is 42.2 Å². The van der Waals surface area contributed by atoms with E-state index in [-0.39, 0.29) is 37.7 Å². The summed E-state index contributed by atoms with van der Waals surface area (Å²) < 4.78 is 4.95. The first-order valence-corrected chi connectivity index (χ1v) is 2.54. The van der Waals surface area contributed by atoms with Crippen LogP contribution in [0.5, 0.6) is 0 Å². The maximum Gasteiger partial charge on any atom is 0.110 e. The van der Waals surface area contributed by atoms with Crippen LogP contribution < -0.4 is 0 Å². The Hall–Kier alpha value is 0.340. The van der Waals surface area contributed by atoms with Crippen molar-refractivity contribution in [1.29, 1.82) is 0 Å². The summed E-state index contributed by atoms with van der Waals surface area (Å²) in [5, 5.41) is 0. The molecule has 0 aliphatic rings. The molecule has 0 bridgehead atoms. The van der Waals surface area contributed by atoms with Crippen LogP contribution in [0.15, 0.2) is 10.7 Å². The van der Waals surface area contributed by atoms with Crippen LogP contribution >= 0.6 is 0 Å². The molecular weight excluding hydrogens is 267 g/mol. The number of oxazole rings is 1. The minimum atomic E-state index is 0. The Balaban J connectivity index is 0.000000640. The summed E-state index contributed by atoms with van der Waals surface area (Å²) in [7, 11) is 0. The Morgan fingerprint density at radius 2 is 2.33 bits per heavy atom. The van der Waals surface area contributed by atoms with Gasteiger partial charge in [0.15, 0.2) is 0 Å². The van der Waals surface area contributed by atoms with Crippen molar-refractivity contribution in [2.45, 2.75) is 13.8 Å². The topological polar surface area (TPSA) is 26.0 Å². The number of hydrogen-bond acceptors (Lipinski definition) is 2. The van der Waals surface area contributed by atoms with Gasteiger partial charge in [-0.05, 0) is 6.92 Å². The fourth-order valence-corrected chi connectivity index (χ4v) is 0.505. The first-order chi connectivity index (χ1) is 3.83. The van der Waals surface area contributed by atoms with Crippen LogP contribution in [0.2, 0.25) is 0 Å². The zero-order valence-corrected chi connectivity index (χ0v) is 7.25. The first-order valence-electron chi connectivity index (χ1n) is 2.54. The zero-order valence-electron chi connectivity index (χ0n) is 5.31. The Labute approximate surface area is 84.7 Å². The Bertz CT molecular complexity index is 173. The molecule has 0 saturated heterocycles. The minimum absolute atomic E-state index is 0. The number of rotatable bonds is 1. The van der Waals surface area contributed by atoms with Crippen LogP contribution in [-0.2, 0) is 0 Å².